The van der Waals surface area contributed by atoms with E-state index in [1.807, 2.05) is 49.6 Å². The van der Waals surface area contributed by atoms with Gasteiger partial charge in [-0.15, -0.1) is 68.0 Å². The van der Waals surface area contributed by atoms with Crippen molar-refractivity contribution < 1.29 is 50.8 Å². The maximum atomic E-state index is 12.2. The van der Waals surface area contributed by atoms with Gasteiger partial charge in [0.15, 0.2) is 5.90 Å². The summed E-state index contributed by atoms with van der Waals surface area (Å²) in [6.45, 7) is 12.5. The Hall–Kier alpha value is -9.59. The van der Waals surface area contributed by atoms with E-state index in [9.17, 15) is 45.6 Å². The molecule has 0 radical (unpaired) electrons. The summed E-state index contributed by atoms with van der Waals surface area (Å²) < 4.78 is 0. The molecule has 10 N–H and O–H groups in total. The first-order chi connectivity index (χ1) is 42.7. The van der Waals surface area contributed by atoms with E-state index in [2.05, 4.69) is 38.1 Å². The third-order valence-corrected chi connectivity index (χ3v) is 19.0. The van der Waals surface area contributed by atoms with Crippen LogP contribution in [0.1, 0.15) is 98.6 Å². The summed E-state index contributed by atoms with van der Waals surface area (Å²) in [5, 5.41) is 117. The number of fused-ring (bicyclic) bond motifs is 14. The lowest BCUT2D eigenvalue weighted by Crippen LogP contribution is -2.25. The molecule has 454 valence electrons. The first-order valence-electron chi connectivity index (χ1n) is 26.8. The molecule has 2 aromatic carbocycles. The normalized spacial score (nSPS) is 17.2. The molecule has 10 rings (SSSR count). The Morgan fingerprint density at radius 3 is 1.92 bits per heavy atom. The van der Waals surface area contributed by atoms with E-state index in [0.29, 0.717) is 70.2 Å². The van der Waals surface area contributed by atoms with E-state index >= 15 is 0 Å². The molecule has 1 aliphatic rings. The number of aliphatic carboxylic acids is 1. The number of nitrogens with one attached hydrogen (secondary N) is 1. The lowest BCUT2D eigenvalue weighted by atomic mass is 9.99. The molecule has 0 aliphatic carbocycles. The van der Waals surface area contributed by atoms with Crippen molar-refractivity contribution in [1.82, 2.24) is 34.9 Å². The van der Waals surface area contributed by atoms with Crippen molar-refractivity contribution in [2.24, 2.45) is 35.9 Å². The van der Waals surface area contributed by atoms with Crippen LogP contribution in [-0.2, 0) is 17.6 Å². The number of phenolic OH excluding ortho intramolecular Hbond substituents is 1. The molecule has 0 spiro atoms. The standard InChI is InChI=1S/C59H52N14O10S6/c1-6-26(2)44-58-71-42(25-88-58)56-67-38(21-85-56)46-33(16-17-34(63-46)54-69-39(23-86-54)49(78)61-27(3)47(76)62-28(4)59(82)83)53-68-40(22-84-53)51(80)65-37(20-43(60)75)57-73-45(29(5)89-57)52(81)66-36(19-30-10-8-7-9-11-30)55-70-41(24-87-55)50(79)64-35(48(77)72-44)18-31-12-14-32(74)15-13-31/h7-17,21-26,35-37,44,74H,3-4,6,18-20H2,1-2,5H3,(H2,60,75)(H,61,78)(H,62,76)(H,64,79)(H,65,80)(H,66,81)(H,72,77)(H,82,83)/t26-,35-,36-,37-,44-/m0/s1. The van der Waals surface area contributed by atoms with Crippen LogP contribution in [-0.4, -0.2) is 134 Å². The highest BCUT2D eigenvalue weighted by atomic mass is 32.1. The van der Waals surface area contributed by atoms with Crippen molar-refractivity contribution in [2.75, 3.05) is 0 Å². The number of benzene rings is 2. The molecule has 0 amide bonds. The molecule has 0 unspecified atom stereocenters. The van der Waals surface area contributed by atoms with Crippen LogP contribution in [0.15, 0.2) is 148 Å². The maximum absolute atomic E-state index is 12.2. The lowest BCUT2D eigenvalue weighted by molar-refractivity contribution is -0.132. The number of thiazole rings is 6. The maximum Gasteiger partial charge on any atom is 0.354 e. The molecule has 10 bridgehead atoms. The Bertz CT molecular complexity index is 4350. The fraction of sp³-hybridized carbons (Fsp3) is 0.203. The Labute approximate surface area is 530 Å². The number of carboxylic acids is 1. The lowest BCUT2D eigenvalue weighted by Gasteiger charge is -2.19. The van der Waals surface area contributed by atoms with E-state index in [0.717, 1.165) is 39.6 Å². The average molecular weight is 1310 g/mol. The van der Waals surface area contributed by atoms with Crippen LogP contribution in [0.2, 0.25) is 0 Å². The van der Waals surface area contributed by atoms with E-state index < -0.39 is 82.8 Å². The summed E-state index contributed by atoms with van der Waals surface area (Å²) in [5.74, 6) is -5.84. The van der Waals surface area contributed by atoms with Gasteiger partial charge in [0.25, 0.3) is 0 Å². The first-order valence-corrected chi connectivity index (χ1v) is 32.0. The number of aromatic hydroxyl groups is 1. The summed E-state index contributed by atoms with van der Waals surface area (Å²) in [4.78, 5) is 71.7. The van der Waals surface area contributed by atoms with Crippen LogP contribution in [0.25, 0.3) is 43.4 Å². The quantitative estimate of drug-likeness (QED) is 0.0275. The second-order valence-corrected chi connectivity index (χ2v) is 25.4. The second kappa shape index (κ2) is 27.2. The molecule has 9 aromatic rings. The summed E-state index contributed by atoms with van der Waals surface area (Å²) in [6.07, 6.45) is 0.560. The summed E-state index contributed by atoms with van der Waals surface area (Å²) >= 11 is 7.13. The number of aliphatic hydroxyl groups is 7. The highest BCUT2D eigenvalue weighted by Crippen LogP contribution is 2.40. The molecular weight excluding hydrogens is 1260 g/mol. The molecule has 0 fully saturated rings. The summed E-state index contributed by atoms with van der Waals surface area (Å²) in [5.41, 5.74) is 2.51. The van der Waals surface area contributed by atoms with Crippen LogP contribution >= 0.6 is 68.0 Å². The monoisotopic (exact) mass is 1310 g/mol. The van der Waals surface area contributed by atoms with Gasteiger partial charge < -0.3 is 46.0 Å². The molecule has 0 saturated heterocycles. The number of carboxylic acid groups (broad SMARTS) is 1. The van der Waals surface area contributed by atoms with Crippen LogP contribution in [0.4, 0.5) is 0 Å². The number of hydrogen-bond donors (Lipinski definition) is 10. The molecule has 5 atom stereocenters. The highest BCUT2D eigenvalue weighted by molar-refractivity contribution is 7.15. The zero-order valence-corrected chi connectivity index (χ0v) is 52.0. The number of nitrogens with zero attached hydrogens (tertiary/aromatic N) is 13. The summed E-state index contributed by atoms with van der Waals surface area (Å²) in [7, 11) is 0. The first kappa shape index (κ1) is 62.5. The number of hydrogen-bond acceptors (Lipinski definition) is 22. The van der Waals surface area contributed by atoms with Gasteiger partial charge in [-0.3, -0.25) is 5.41 Å². The van der Waals surface area contributed by atoms with Gasteiger partial charge in [0, 0.05) is 50.2 Å². The number of aromatic nitrogens is 7. The van der Waals surface area contributed by atoms with Gasteiger partial charge in [0.05, 0.1) is 12.1 Å². The molecule has 24 nitrogen and oxygen atoms in total. The molecule has 1 aliphatic heterocycles. The number of carbonyl (C=O) groups is 1. The number of pyridine rings is 1. The van der Waals surface area contributed by atoms with Crippen molar-refractivity contribution in [3.8, 4) is 49.1 Å². The van der Waals surface area contributed by atoms with Crippen LogP contribution < -0.4 is 0 Å². The Balaban J connectivity index is 1.10. The molecule has 89 heavy (non-hydrogen) atoms. The number of aliphatic imine (C=N–C) groups is 6. The predicted molar refractivity (Wildman–Crippen MR) is 349 cm³/mol. The molecule has 7 aromatic heterocycles. The highest BCUT2D eigenvalue weighted by Gasteiger charge is 2.30. The van der Waals surface area contributed by atoms with Gasteiger partial charge in [0.2, 0.25) is 35.4 Å². The fourth-order valence-corrected chi connectivity index (χ4v) is 13.9. The average Bonchev–Trinajstić information content (AvgIpc) is 1.76. The smallest absolute Gasteiger partial charge is 0.354 e. The molecule has 0 saturated carbocycles. The van der Waals surface area contributed by atoms with E-state index in [1.54, 1.807) is 47.3 Å². The van der Waals surface area contributed by atoms with Crippen molar-refractivity contribution >= 4 is 115 Å². The molecule has 30 heteroatoms. The van der Waals surface area contributed by atoms with E-state index in [4.69, 9.17) is 50.4 Å². The second-order valence-electron chi connectivity index (χ2n) is 19.8. The third-order valence-electron chi connectivity index (χ3n) is 13.5. The minimum absolute atomic E-state index is 0.0337. The van der Waals surface area contributed by atoms with Crippen molar-refractivity contribution in [2.45, 2.75) is 70.6 Å². The zero-order valence-electron chi connectivity index (χ0n) is 47.1. The third kappa shape index (κ3) is 14.7. The minimum atomic E-state index is -1.49. The summed E-state index contributed by atoms with van der Waals surface area (Å²) in [6, 6.07) is 15.4. The number of phenols is 1. The van der Waals surface area contributed by atoms with Gasteiger partial charge >= 0.3 is 5.97 Å². The number of aryl methyl sites for hydroxylation is 1. The number of aliphatic hydroxyl groups excluding tert-OH is 7. The van der Waals surface area contributed by atoms with E-state index in [-0.39, 0.29) is 58.7 Å². The predicted octanol–water partition coefficient (Wildman–Crippen LogP) is 13.1. The largest absolute Gasteiger partial charge is 0.508 e. The SMILES string of the molecule is C=C(N=C(O)C(=C)N=C(O)c1csc(-c2ccc3c(n2)-c2csc(n2)-c2csc(n2)[C@H]([C@@H](C)CC)N=C(O)[C@H](Cc2ccc(O)cc2)N=C(O)c2csc(n2)[C@H](Cc2ccccc2)N=C(O)c2nc(sc2C)[C@H](CC(=N)O)N=C(O)c2csc-3n2)n1)C(=O)O. The van der Waals surface area contributed by atoms with Gasteiger partial charge in [-0.05, 0) is 48.2 Å². The van der Waals surface area contributed by atoms with Crippen LogP contribution in [0.5, 0.6) is 5.75 Å². The Kier molecular flexibility index (Phi) is 19.1. The van der Waals surface area contributed by atoms with Crippen LogP contribution in [0, 0.1) is 18.3 Å². The topological polar surface area (TPSA) is 387 Å². The van der Waals surface area contributed by atoms with Crippen LogP contribution in [0.3, 0.4) is 0 Å². The zero-order chi connectivity index (χ0) is 63.2. The van der Waals surface area contributed by atoms with E-state index in [1.165, 1.54) is 51.5 Å². The molecular formula is C59H52N14O10S6. The minimum Gasteiger partial charge on any atom is -0.508 e. The van der Waals surface area contributed by atoms with Gasteiger partial charge in [-0.2, -0.15) is 0 Å². The Morgan fingerprint density at radius 2 is 1.19 bits per heavy atom. The Morgan fingerprint density at radius 1 is 0.584 bits per heavy atom. The fourth-order valence-electron chi connectivity index (χ4n) is 8.71. The van der Waals surface area contributed by atoms with Crippen molar-refractivity contribution in [3.05, 3.63) is 172 Å². The van der Waals surface area contributed by atoms with Gasteiger partial charge in [-0.25, -0.2) is 69.6 Å². The van der Waals surface area contributed by atoms with Gasteiger partial charge in [0.1, 0.15) is 111 Å². The van der Waals surface area contributed by atoms with Gasteiger partial charge in [-0.1, -0.05) is 75.9 Å². The van der Waals surface area contributed by atoms with Crippen molar-refractivity contribution in [3.63, 3.8) is 0 Å². The number of rotatable bonds is 14. The van der Waals surface area contributed by atoms with Crippen molar-refractivity contribution in [1.29, 1.82) is 5.41 Å². The molecule has 8 heterocycles.